The molecule has 3 aromatic rings. The number of carbonyl (C=O) groups excluding carboxylic acids is 1. The molecule has 2 aromatic carbocycles. The van der Waals surface area contributed by atoms with E-state index in [9.17, 15) is 4.79 Å². The first-order valence-electron chi connectivity index (χ1n) is 11.6. The van der Waals surface area contributed by atoms with Crippen LogP contribution in [0.15, 0.2) is 65.8 Å². The number of hydrogen-bond acceptors (Lipinski definition) is 6. The van der Waals surface area contributed by atoms with Gasteiger partial charge in [0, 0.05) is 55.7 Å². The summed E-state index contributed by atoms with van der Waals surface area (Å²) in [7, 11) is 0. The Kier molecular flexibility index (Phi) is 7.96. The minimum atomic E-state index is -0.0415. The van der Waals surface area contributed by atoms with E-state index in [0.29, 0.717) is 17.9 Å². The average molecular weight is 462 g/mol. The van der Waals surface area contributed by atoms with Gasteiger partial charge < -0.3 is 15.1 Å². The Hall–Kier alpha value is -2.90. The first-order chi connectivity index (χ1) is 16.2. The summed E-state index contributed by atoms with van der Waals surface area (Å²) in [4.78, 5) is 26.8. The van der Waals surface area contributed by atoms with Gasteiger partial charge in [-0.1, -0.05) is 61.2 Å². The molecule has 7 heteroatoms. The van der Waals surface area contributed by atoms with Gasteiger partial charge in [-0.2, -0.15) is 0 Å². The van der Waals surface area contributed by atoms with Crippen LogP contribution in [0.5, 0.6) is 0 Å². The largest absolute Gasteiger partial charge is 0.354 e. The van der Waals surface area contributed by atoms with Crippen molar-refractivity contribution >= 4 is 23.5 Å². The fraction of sp³-hybridized carbons (Fsp3) is 0.346. The Morgan fingerprint density at radius 3 is 2.48 bits per heavy atom. The van der Waals surface area contributed by atoms with Gasteiger partial charge in [-0.3, -0.25) is 4.79 Å². The van der Waals surface area contributed by atoms with Gasteiger partial charge in [-0.15, -0.1) is 0 Å². The number of rotatable bonds is 8. The SMILES string of the molecule is CCNC(=O)c1cccc(CSc2nc(-c3ccccc3)cc(N3CCN(CC)CC3)n2)c1. The van der Waals surface area contributed by atoms with Crippen LogP contribution in [0, 0.1) is 0 Å². The summed E-state index contributed by atoms with van der Waals surface area (Å²) < 4.78 is 0. The van der Waals surface area contributed by atoms with Crippen LogP contribution in [0.4, 0.5) is 5.82 Å². The van der Waals surface area contributed by atoms with Crippen LogP contribution in [-0.4, -0.2) is 60.0 Å². The van der Waals surface area contributed by atoms with E-state index in [2.05, 4.69) is 40.2 Å². The average Bonchev–Trinajstić information content (AvgIpc) is 2.88. The highest BCUT2D eigenvalue weighted by Gasteiger charge is 2.19. The summed E-state index contributed by atoms with van der Waals surface area (Å²) >= 11 is 1.61. The van der Waals surface area contributed by atoms with Crippen LogP contribution in [-0.2, 0) is 5.75 Å². The van der Waals surface area contributed by atoms with Gasteiger partial charge >= 0.3 is 0 Å². The van der Waals surface area contributed by atoms with Crippen molar-refractivity contribution in [2.45, 2.75) is 24.8 Å². The minimum absolute atomic E-state index is 0.0415. The van der Waals surface area contributed by atoms with Gasteiger partial charge in [-0.05, 0) is 31.2 Å². The zero-order valence-electron chi connectivity index (χ0n) is 19.3. The molecule has 1 aliphatic heterocycles. The first-order valence-corrected chi connectivity index (χ1v) is 12.6. The number of amides is 1. The Bertz CT molecular complexity index is 1070. The molecule has 0 radical (unpaired) electrons. The first kappa shape index (κ1) is 23.3. The number of aromatic nitrogens is 2. The summed E-state index contributed by atoms with van der Waals surface area (Å²) in [5.74, 6) is 1.65. The number of anilines is 1. The van der Waals surface area contributed by atoms with E-state index in [1.165, 1.54) is 0 Å². The summed E-state index contributed by atoms with van der Waals surface area (Å²) in [5, 5.41) is 3.62. The standard InChI is InChI=1S/C26H31N5OS/c1-3-27-25(32)22-12-8-9-20(17-22)19-33-26-28-23(21-10-6-5-7-11-21)18-24(29-26)31-15-13-30(4-2)14-16-31/h5-12,17-18H,3-4,13-16,19H2,1-2H3,(H,27,32). The molecule has 1 fully saturated rings. The van der Waals surface area contributed by atoms with Crippen molar-refractivity contribution in [3.8, 4) is 11.3 Å². The molecule has 2 heterocycles. The molecule has 0 unspecified atom stereocenters. The molecule has 0 aliphatic carbocycles. The van der Waals surface area contributed by atoms with E-state index in [1.807, 2.05) is 49.4 Å². The zero-order chi connectivity index (χ0) is 23.0. The van der Waals surface area contributed by atoms with Gasteiger partial charge in [0.15, 0.2) is 5.16 Å². The molecule has 1 aliphatic rings. The predicted molar refractivity (Wildman–Crippen MR) is 136 cm³/mol. The molecule has 33 heavy (non-hydrogen) atoms. The zero-order valence-corrected chi connectivity index (χ0v) is 20.1. The van der Waals surface area contributed by atoms with Crippen LogP contribution in [0.2, 0.25) is 0 Å². The molecule has 1 amide bonds. The summed E-state index contributed by atoms with van der Waals surface area (Å²) in [6.45, 7) is 9.89. The van der Waals surface area contributed by atoms with E-state index in [4.69, 9.17) is 9.97 Å². The molecular formula is C26H31N5OS. The van der Waals surface area contributed by atoms with Gasteiger partial charge in [0.1, 0.15) is 5.82 Å². The minimum Gasteiger partial charge on any atom is -0.354 e. The van der Waals surface area contributed by atoms with Crippen LogP contribution in [0.25, 0.3) is 11.3 Å². The highest BCUT2D eigenvalue weighted by molar-refractivity contribution is 7.98. The molecule has 0 spiro atoms. The van der Waals surface area contributed by atoms with Gasteiger partial charge in [0.25, 0.3) is 5.91 Å². The van der Waals surface area contributed by atoms with E-state index in [-0.39, 0.29) is 5.91 Å². The third-order valence-corrected chi connectivity index (χ3v) is 6.72. The summed E-state index contributed by atoms with van der Waals surface area (Å²) in [5.41, 5.74) is 3.80. The van der Waals surface area contributed by atoms with Crippen LogP contribution >= 0.6 is 11.8 Å². The predicted octanol–water partition coefficient (Wildman–Crippen LogP) is 4.33. The van der Waals surface area contributed by atoms with E-state index < -0.39 is 0 Å². The van der Waals surface area contributed by atoms with Crippen molar-refractivity contribution in [3.63, 3.8) is 0 Å². The monoisotopic (exact) mass is 461 g/mol. The highest BCUT2D eigenvalue weighted by atomic mass is 32.2. The normalized spacial score (nSPS) is 14.3. The Labute approximate surface area is 200 Å². The van der Waals surface area contributed by atoms with Gasteiger partial charge in [0.2, 0.25) is 0 Å². The second-order valence-electron chi connectivity index (χ2n) is 8.03. The smallest absolute Gasteiger partial charge is 0.251 e. The molecule has 1 aromatic heterocycles. The molecule has 1 N–H and O–H groups in total. The summed E-state index contributed by atoms with van der Waals surface area (Å²) in [6.07, 6.45) is 0. The van der Waals surface area contributed by atoms with Crippen molar-refractivity contribution in [3.05, 3.63) is 71.8 Å². The molecule has 0 saturated carbocycles. The molecule has 1 saturated heterocycles. The maximum absolute atomic E-state index is 12.2. The number of likely N-dealkylation sites (N-methyl/N-ethyl adjacent to an activating group) is 1. The number of carbonyl (C=O) groups is 1. The quantitative estimate of drug-likeness (QED) is 0.398. The summed E-state index contributed by atoms with van der Waals surface area (Å²) in [6, 6.07) is 20.2. The van der Waals surface area contributed by atoms with Crippen molar-refractivity contribution in [1.29, 1.82) is 0 Å². The lowest BCUT2D eigenvalue weighted by molar-refractivity contribution is 0.0955. The van der Waals surface area contributed by atoms with Crippen molar-refractivity contribution in [2.24, 2.45) is 0 Å². The molecule has 4 rings (SSSR count). The maximum atomic E-state index is 12.2. The topological polar surface area (TPSA) is 61.4 Å². The highest BCUT2D eigenvalue weighted by Crippen LogP contribution is 2.28. The number of nitrogens with zero attached hydrogens (tertiary/aromatic N) is 4. The molecule has 6 nitrogen and oxygen atoms in total. The van der Waals surface area contributed by atoms with E-state index >= 15 is 0 Å². The number of piperazine rings is 1. The van der Waals surface area contributed by atoms with E-state index in [1.54, 1.807) is 11.8 Å². The lowest BCUT2D eigenvalue weighted by Crippen LogP contribution is -2.46. The van der Waals surface area contributed by atoms with Crippen molar-refractivity contribution in [1.82, 2.24) is 20.2 Å². The molecule has 0 bridgehead atoms. The lowest BCUT2D eigenvalue weighted by Gasteiger charge is -2.35. The number of hydrogen-bond donors (Lipinski definition) is 1. The van der Waals surface area contributed by atoms with Crippen LogP contribution in [0.3, 0.4) is 0 Å². The van der Waals surface area contributed by atoms with Crippen LogP contribution < -0.4 is 10.2 Å². The fourth-order valence-corrected chi connectivity index (χ4v) is 4.70. The van der Waals surface area contributed by atoms with E-state index in [0.717, 1.165) is 60.5 Å². The second-order valence-corrected chi connectivity index (χ2v) is 8.97. The van der Waals surface area contributed by atoms with Crippen molar-refractivity contribution < 1.29 is 4.79 Å². The molecular weight excluding hydrogens is 430 g/mol. The number of nitrogens with one attached hydrogen (secondary N) is 1. The Balaban J connectivity index is 1.56. The van der Waals surface area contributed by atoms with Gasteiger partial charge in [0.05, 0.1) is 5.69 Å². The Morgan fingerprint density at radius 2 is 1.76 bits per heavy atom. The number of thioether (sulfide) groups is 1. The Morgan fingerprint density at radius 1 is 0.970 bits per heavy atom. The van der Waals surface area contributed by atoms with Gasteiger partial charge in [-0.25, -0.2) is 9.97 Å². The number of benzene rings is 2. The third-order valence-electron chi connectivity index (χ3n) is 5.80. The second kappa shape index (κ2) is 11.3. The third kappa shape index (κ3) is 6.12. The maximum Gasteiger partial charge on any atom is 0.251 e. The molecule has 172 valence electrons. The molecule has 0 atom stereocenters. The fourth-order valence-electron chi connectivity index (χ4n) is 3.90. The van der Waals surface area contributed by atoms with Crippen molar-refractivity contribution in [2.75, 3.05) is 44.2 Å². The van der Waals surface area contributed by atoms with Crippen LogP contribution in [0.1, 0.15) is 29.8 Å². The lowest BCUT2D eigenvalue weighted by atomic mass is 10.1.